The van der Waals surface area contributed by atoms with Gasteiger partial charge in [-0.2, -0.15) is 0 Å². The summed E-state index contributed by atoms with van der Waals surface area (Å²) < 4.78 is 6.67. The molecule has 0 saturated carbocycles. The van der Waals surface area contributed by atoms with Gasteiger partial charge in [-0.05, 0) is 44.5 Å². The van der Waals surface area contributed by atoms with Crippen molar-refractivity contribution in [3.63, 3.8) is 0 Å². The van der Waals surface area contributed by atoms with Crippen LogP contribution in [0.4, 0.5) is 0 Å². The largest absolute Gasteiger partial charge is 0.380 e. The Balaban J connectivity index is 2.92. The molecular weight excluding hydrogens is 266 g/mol. The molecule has 2 nitrogen and oxygen atoms in total. The molecule has 1 aromatic rings. The van der Waals surface area contributed by atoms with Crippen LogP contribution in [0.25, 0.3) is 0 Å². The Morgan fingerprint density at radius 1 is 1.31 bits per heavy atom. The SMILES string of the molecule is CCOCC(NC)c1cc(C)c(Br)c(C)c1. The zero-order valence-corrected chi connectivity index (χ0v) is 12.0. The van der Waals surface area contributed by atoms with Crippen molar-refractivity contribution in [2.75, 3.05) is 20.3 Å². The van der Waals surface area contributed by atoms with E-state index in [0.717, 1.165) is 6.61 Å². The van der Waals surface area contributed by atoms with Crippen LogP contribution in [0.1, 0.15) is 29.7 Å². The smallest absolute Gasteiger partial charge is 0.0661 e. The van der Waals surface area contributed by atoms with Crippen molar-refractivity contribution >= 4 is 15.9 Å². The van der Waals surface area contributed by atoms with Gasteiger partial charge in [-0.15, -0.1) is 0 Å². The third kappa shape index (κ3) is 3.30. The quantitative estimate of drug-likeness (QED) is 0.896. The summed E-state index contributed by atoms with van der Waals surface area (Å²) in [6.07, 6.45) is 0. The van der Waals surface area contributed by atoms with Crippen LogP contribution >= 0.6 is 15.9 Å². The van der Waals surface area contributed by atoms with Gasteiger partial charge in [0.1, 0.15) is 0 Å². The maximum Gasteiger partial charge on any atom is 0.0661 e. The Kier molecular flexibility index (Phi) is 5.46. The van der Waals surface area contributed by atoms with Crippen molar-refractivity contribution in [3.8, 4) is 0 Å². The maximum absolute atomic E-state index is 5.48. The minimum atomic E-state index is 0.269. The van der Waals surface area contributed by atoms with E-state index in [0.29, 0.717) is 6.61 Å². The van der Waals surface area contributed by atoms with E-state index >= 15 is 0 Å². The number of hydrogen-bond donors (Lipinski definition) is 1. The number of ether oxygens (including phenoxy) is 1. The fourth-order valence-corrected chi connectivity index (χ4v) is 1.99. The first kappa shape index (κ1) is 13.7. The highest BCUT2D eigenvalue weighted by molar-refractivity contribution is 9.10. The van der Waals surface area contributed by atoms with Crippen molar-refractivity contribution in [2.24, 2.45) is 0 Å². The lowest BCUT2D eigenvalue weighted by Crippen LogP contribution is -2.22. The Morgan fingerprint density at radius 3 is 2.31 bits per heavy atom. The fraction of sp³-hybridized carbons (Fsp3) is 0.538. The second kappa shape index (κ2) is 6.38. The zero-order chi connectivity index (χ0) is 12.1. The highest BCUT2D eigenvalue weighted by Gasteiger charge is 2.11. The van der Waals surface area contributed by atoms with Gasteiger partial charge in [0.25, 0.3) is 0 Å². The van der Waals surface area contributed by atoms with E-state index in [1.807, 2.05) is 14.0 Å². The van der Waals surface area contributed by atoms with Crippen LogP contribution in [0, 0.1) is 13.8 Å². The van der Waals surface area contributed by atoms with Gasteiger partial charge in [-0.3, -0.25) is 0 Å². The molecule has 1 N–H and O–H groups in total. The number of hydrogen-bond acceptors (Lipinski definition) is 2. The van der Waals surface area contributed by atoms with E-state index in [4.69, 9.17) is 4.74 Å². The summed E-state index contributed by atoms with van der Waals surface area (Å²) in [6.45, 7) is 7.73. The predicted octanol–water partition coefficient (Wildman–Crippen LogP) is 3.36. The average molecular weight is 286 g/mol. The summed E-state index contributed by atoms with van der Waals surface area (Å²) in [5.74, 6) is 0. The number of halogens is 1. The minimum Gasteiger partial charge on any atom is -0.380 e. The van der Waals surface area contributed by atoms with Gasteiger partial charge in [0.15, 0.2) is 0 Å². The second-order valence-corrected chi connectivity index (χ2v) is 4.76. The van der Waals surface area contributed by atoms with Crippen molar-refractivity contribution in [3.05, 3.63) is 33.3 Å². The van der Waals surface area contributed by atoms with Gasteiger partial charge < -0.3 is 10.1 Å². The van der Waals surface area contributed by atoms with Crippen molar-refractivity contribution in [2.45, 2.75) is 26.8 Å². The van der Waals surface area contributed by atoms with E-state index in [2.05, 4.69) is 47.2 Å². The van der Waals surface area contributed by atoms with Gasteiger partial charge in [0.05, 0.1) is 12.6 Å². The average Bonchev–Trinajstić information content (AvgIpc) is 2.26. The highest BCUT2D eigenvalue weighted by Crippen LogP contribution is 2.25. The molecule has 0 aliphatic heterocycles. The van der Waals surface area contributed by atoms with Crippen LogP contribution in [0.5, 0.6) is 0 Å². The van der Waals surface area contributed by atoms with E-state index in [9.17, 15) is 0 Å². The molecule has 0 radical (unpaired) electrons. The van der Waals surface area contributed by atoms with E-state index in [1.54, 1.807) is 0 Å². The molecule has 0 aliphatic carbocycles. The zero-order valence-electron chi connectivity index (χ0n) is 10.4. The van der Waals surface area contributed by atoms with Crippen LogP contribution in [-0.2, 0) is 4.74 Å². The molecule has 1 unspecified atom stereocenters. The molecule has 0 aliphatic rings. The first-order chi connectivity index (χ1) is 7.60. The van der Waals surface area contributed by atoms with Gasteiger partial charge in [0, 0.05) is 11.1 Å². The molecule has 0 heterocycles. The fourth-order valence-electron chi connectivity index (χ4n) is 1.76. The number of aryl methyl sites for hydroxylation is 2. The van der Waals surface area contributed by atoms with E-state index < -0.39 is 0 Å². The molecule has 0 fully saturated rings. The van der Waals surface area contributed by atoms with Crippen LogP contribution < -0.4 is 5.32 Å². The van der Waals surface area contributed by atoms with Crippen molar-refractivity contribution in [1.29, 1.82) is 0 Å². The minimum absolute atomic E-state index is 0.269. The summed E-state index contributed by atoms with van der Waals surface area (Å²) in [5.41, 5.74) is 3.83. The summed E-state index contributed by atoms with van der Waals surface area (Å²) in [4.78, 5) is 0. The lowest BCUT2D eigenvalue weighted by Gasteiger charge is -2.18. The van der Waals surface area contributed by atoms with Crippen molar-refractivity contribution < 1.29 is 4.74 Å². The maximum atomic E-state index is 5.48. The molecule has 90 valence electrons. The lowest BCUT2D eigenvalue weighted by atomic mass is 10.0. The first-order valence-electron chi connectivity index (χ1n) is 5.61. The molecule has 1 aromatic carbocycles. The topological polar surface area (TPSA) is 21.3 Å². The van der Waals surface area contributed by atoms with Crippen LogP contribution in [0.15, 0.2) is 16.6 Å². The standard InChI is InChI=1S/C13H20BrNO/c1-5-16-8-12(15-4)11-6-9(2)13(14)10(3)7-11/h6-7,12,15H,5,8H2,1-4H3. The molecule has 16 heavy (non-hydrogen) atoms. The molecule has 0 amide bonds. The van der Waals surface area contributed by atoms with Gasteiger partial charge >= 0.3 is 0 Å². The van der Waals surface area contributed by atoms with E-state index in [1.165, 1.54) is 21.2 Å². The number of benzene rings is 1. The van der Waals surface area contributed by atoms with E-state index in [-0.39, 0.29) is 6.04 Å². The number of likely N-dealkylation sites (N-methyl/N-ethyl adjacent to an activating group) is 1. The Morgan fingerprint density at radius 2 is 1.88 bits per heavy atom. The lowest BCUT2D eigenvalue weighted by molar-refractivity contribution is 0.125. The Labute approximate surface area is 107 Å². The summed E-state index contributed by atoms with van der Waals surface area (Å²) in [6, 6.07) is 4.68. The molecular formula is C13H20BrNO. The second-order valence-electron chi connectivity index (χ2n) is 3.97. The first-order valence-corrected chi connectivity index (χ1v) is 6.41. The highest BCUT2D eigenvalue weighted by atomic mass is 79.9. The predicted molar refractivity (Wildman–Crippen MR) is 71.9 cm³/mol. The van der Waals surface area contributed by atoms with Gasteiger partial charge in [-0.25, -0.2) is 0 Å². The number of rotatable bonds is 5. The molecule has 0 saturated heterocycles. The van der Waals surface area contributed by atoms with Crippen LogP contribution in [0.3, 0.4) is 0 Å². The number of nitrogens with one attached hydrogen (secondary N) is 1. The molecule has 0 bridgehead atoms. The molecule has 3 heteroatoms. The molecule has 0 spiro atoms. The monoisotopic (exact) mass is 285 g/mol. The molecule has 1 atom stereocenters. The summed E-state index contributed by atoms with van der Waals surface area (Å²) in [7, 11) is 1.97. The Bertz CT molecular complexity index is 329. The van der Waals surface area contributed by atoms with Crippen LogP contribution in [-0.4, -0.2) is 20.3 Å². The summed E-state index contributed by atoms with van der Waals surface area (Å²) in [5, 5.41) is 3.29. The van der Waals surface area contributed by atoms with Crippen molar-refractivity contribution in [1.82, 2.24) is 5.32 Å². The molecule has 0 aromatic heterocycles. The third-order valence-corrected chi connectivity index (χ3v) is 3.95. The van der Waals surface area contributed by atoms with Gasteiger partial charge in [-0.1, -0.05) is 28.1 Å². The van der Waals surface area contributed by atoms with Crippen LogP contribution in [0.2, 0.25) is 0 Å². The van der Waals surface area contributed by atoms with Gasteiger partial charge in [0.2, 0.25) is 0 Å². The third-order valence-electron chi connectivity index (χ3n) is 2.70. The molecule has 1 rings (SSSR count). The summed E-state index contributed by atoms with van der Waals surface area (Å²) >= 11 is 3.59. The normalized spacial score (nSPS) is 12.8. The Hall–Kier alpha value is -0.380.